The molecule has 5 nitrogen and oxygen atoms in total. The second-order valence-electron chi connectivity index (χ2n) is 7.35. The Labute approximate surface area is 173 Å². The van der Waals surface area contributed by atoms with Crippen molar-refractivity contribution in [2.45, 2.75) is 36.1 Å². The Morgan fingerprint density at radius 3 is 2.25 bits per heavy atom. The molecule has 2 aromatic carbocycles. The Morgan fingerprint density at radius 2 is 1.71 bits per heavy atom. The molecule has 0 heterocycles. The average molecular weight is 422 g/mol. The average Bonchev–Trinajstić information content (AvgIpc) is 3.28. The van der Waals surface area contributed by atoms with Crippen molar-refractivity contribution >= 4 is 34.9 Å². The lowest BCUT2D eigenvalue weighted by molar-refractivity contribution is -0.134. The van der Waals surface area contributed by atoms with Crippen molar-refractivity contribution < 1.29 is 19.4 Å². The molecule has 1 atom stereocenters. The molecule has 2 N–H and O–H groups in total. The van der Waals surface area contributed by atoms with Gasteiger partial charge in [0.2, 0.25) is 0 Å². The number of ether oxygens (including phenoxy) is 1. The van der Waals surface area contributed by atoms with Gasteiger partial charge in [0.25, 0.3) is 5.91 Å². The number of rotatable bonds is 7. The van der Waals surface area contributed by atoms with E-state index in [1.165, 1.54) is 24.3 Å². The topological polar surface area (TPSA) is 75.6 Å². The Bertz CT molecular complexity index is 876. The molecule has 1 aliphatic rings. The number of Topliss-reactive ketones (excluding diaryl/α,β-unsaturated/α-hetero) is 1. The molecule has 0 saturated heterocycles. The highest BCUT2D eigenvalue weighted by molar-refractivity contribution is 6.51. The molecule has 0 radical (unpaired) electrons. The van der Waals surface area contributed by atoms with Gasteiger partial charge in [-0.15, -0.1) is 23.2 Å². The van der Waals surface area contributed by atoms with Crippen molar-refractivity contribution in [3.05, 3.63) is 59.7 Å². The Hall–Kier alpha value is -2.24. The van der Waals surface area contributed by atoms with Crippen LogP contribution in [0.2, 0.25) is 0 Å². The highest BCUT2D eigenvalue weighted by Crippen LogP contribution is 2.59. The summed E-state index contributed by atoms with van der Waals surface area (Å²) in [5.41, 5.74) is 0.264. The van der Waals surface area contributed by atoms with E-state index in [9.17, 15) is 14.7 Å². The molecule has 2 aromatic rings. The van der Waals surface area contributed by atoms with E-state index in [0.29, 0.717) is 11.3 Å². The summed E-state index contributed by atoms with van der Waals surface area (Å²) in [7, 11) is 0. The van der Waals surface area contributed by atoms with Crippen LogP contribution in [0.5, 0.6) is 11.5 Å². The number of carbonyl (C=O) groups is 2. The summed E-state index contributed by atoms with van der Waals surface area (Å²) in [4.78, 5) is 24.6. The predicted molar refractivity (Wildman–Crippen MR) is 108 cm³/mol. The van der Waals surface area contributed by atoms with Crippen molar-refractivity contribution in [1.82, 2.24) is 5.32 Å². The molecular formula is C21H21Cl2NO4. The van der Waals surface area contributed by atoms with Crippen LogP contribution in [0, 0.1) is 0 Å². The molecule has 1 saturated carbocycles. The number of hydrogen-bond donors (Lipinski definition) is 2. The van der Waals surface area contributed by atoms with Crippen LogP contribution in [-0.2, 0) is 4.79 Å². The number of carbonyl (C=O) groups excluding carboxylic acids is 2. The first-order chi connectivity index (χ1) is 13.1. The molecule has 0 bridgehead atoms. The van der Waals surface area contributed by atoms with Gasteiger partial charge in [0.15, 0.2) is 11.4 Å². The summed E-state index contributed by atoms with van der Waals surface area (Å²) in [5.74, 6) is 0.0527. The first-order valence-corrected chi connectivity index (χ1v) is 9.61. The highest BCUT2D eigenvalue weighted by atomic mass is 35.5. The standard InChI is InChI=1S/C21H21Cl2NO4/c1-20(2,19(27)24-12-18(26)14-3-7-15(25)8-4-14)28-16-9-5-13(6-10-16)17-11-21(17,22)23/h3-10,17,25H,11-12H2,1-2H3,(H,24,27). The van der Waals surface area contributed by atoms with E-state index >= 15 is 0 Å². The maximum Gasteiger partial charge on any atom is 0.263 e. The van der Waals surface area contributed by atoms with E-state index in [1.54, 1.807) is 26.0 Å². The van der Waals surface area contributed by atoms with Crippen molar-refractivity contribution in [2.24, 2.45) is 0 Å². The maximum atomic E-state index is 12.5. The maximum absolute atomic E-state index is 12.5. The van der Waals surface area contributed by atoms with Gasteiger partial charge >= 0.3 is 0 Å². The number of hydrogen-bond acceptors (Lipinski definition) is 4. The van der Waals surface area contributed by atoms with Crippen LogP contribution in [0.25, 0.3) is 0 Å². The lowest BCUT2D eigenvalue weighted by Crippen LogP contribution is -2.47. The fraction of sp³-hybridized carbons (Fsp3) is 0.333. The van der Waals surface area contributed by atoms with Crippen LogP contribution in [0.15, 0.2) is 48.5 Å². The van der Waals surface area contributed by atoms with E-state index < -0.39 is 15.8 Å². The van der Waals surface area contributed by atoms with Crippen molar-refractivity contribution in [3.8, 4) is 11.5 Å². The van der Waals surface area contributed by atoms with Gasteiger partial charge in [0.05, 0.1) is 6.54 Å². The van der Waals surface area contributed by atoms with Crippen LogP contribution in [-0.4, -0.2) is 33.3 Å². The number of alkyl halides is 2. The zero-order valence-electron chi connectivity index (χ0n) is 15.5. The number of ketones is 1. The van der Waals surface area contributed by atoms with Gasteiger partial charge in [-0.1, -0.05) is 12.1 Å². The molecule has 148 valence electrons. The molecular weight excluding hydrogens is 401 g/mol. The fourth-order valence-corrected chi connectivity index (χ4v) is 3.37. The monoisotopic (exact) mass is 421 g/mol. The van der Waals surface area contributed by atoms with E-state index in [1.807, 2.05) is 12.1 Å². The Kier molecular flexibility index (Phi) is 5.60. The summed E-state index contributed by atoms with van der Waals surface area (Å²) in [6.07, 6.45) is 0.722. The normalized spacial score (nSPS) is 17.6. The minimum absolute atomic E-state index is 0.0746. The van der Waals surface area contributed by atoms with E-state index in [4.69, 9.17) is 27.9 Å². The van der Waals surface area contributed by atoms with Crippen molar-refractivity contribution in [3.63, 3.8) is 0 Å². The van der Waals surface area contributed by atoms with Crippen LogP contribution in [0.1, 0.15) is 42.1 Å². The largest absolute Gasteiger partial charge is 0.508 e. The third kappa shape index (κ3) is 4.78. The second-order valence-corrected chi connectivity index (χ2v) is 8.89. The van der Waals surface area contributed by atoms with E-state index in [2.05, 4.69) is 5.32 Å². The number of halogens is 2. The van der Waals surface area contributed by atoms with Gasteiger partial charge in [0, 0.05) is 11.5 Å². The summed E-state index contributed by atoms with van der Waals surface area (Å²) in [6, 6.07) is 13.2. The predicted octanol–water partition coefficient (Wildman–Crippen LogP) is 4.21. The summed E-state index contributed by atoms with van der Waals surface area (Å²) >= 11 is 12.2. The van der Waals surface area contributed by atoms with Gasteiger partial charge in [-0.05, 0) is 62.2 Å². The van der Waals surface area contributed by atoms with Crippen molar-refractivity contribution in [2.75, 3.05) is 6.54 Å². The molecule has 28 heavy (non-hydrogen) atoms. The van der Waals surface area contributed by atoms with Crippen LogP contribution < -0.4 is 10.1 Å². The lowest BCUT2D eigenvalue weighted by Gasteiger charge is -2.25. The zero-order chi connectivity index (χ0) is 20.5. The smallest absolute Gasteiger partial charge is 0.263 e. The van der Waals surface area contributed by atoms with Crippen LogP contribution >= 0.6 is 23.2 Å². The van der Waals surface area contributed by atoms with Gasteiger partial charge in [-0.2, -0.15) is 0 Å². The van der Waals surface area contributed by atoms with Gasteiger partial charge in [-0.25, -0.2) is 0 Å². The minimum atomic E-state index is -1.17. The number of amides is 1. The zero-order valence-corrected chi connectivity index (χ0v) is 17.1. The van der Waals surface area contributed by atoms with Crippen LogP contribution in [0.4, 0.5) is 0 Å². The second kappa shape index (κ2) is 7.64. The summed E-state index contributed by atoms with van der Waals surface area (Å²) < 4.78 is 5.11. The minimum Gasteiger partial charge on any atom is -0.508 e. The first-order valence-electron chi connectivity index (χ1n) is 8.86. The molecule has 1 unspecified atom stereocenters. The molecule has 1 fully saturated rings. The first kappa shape index (κ1) is 20.5. The molecule has 0 aromatic heterocycles. The van der Waals surface area contributed by atoms with E-state index in [0.717, 1.165) is 12.0 Å². The number of nitrogens with one attached hydrogen (secondary N) is 1. The molecule has 3 rings (SSSR count). The van der Waals surface area contributed by atoms with Crippen molar-refractivity contribution in [1.29, 1.82) is 0 Å². The fourth-order valence-electron chi connectivity index (χ4n) is 2.81. The SMILES string of the molecule is CC(C)(Oc1ccc(C2CC2(Cl)Cl)cc1)C(=O)NCC(=O)c1ccc(O)cc1. The third-order valence-corrected chi connectivity index (χ3v) is 5.46. The van der Waals surface area contributed by atoms with Gasteiger partial charge in [-0.3, -0.25) is 9.59 Å². The van der Waals surface area contributed by atoms with E-state index in [-0.39, 0.29) is 24.0 Å². The number of phenols is 1. The summed E-state index contributed by atoms with van der Waals surface area (Å²) in [5, 5.41) is 11.9. The molecule has 0 spiro atoms. The number of aromatic hydroxyl groups is 1. The number of phenolic OH excluding ortho intramolecular Hbond substituents is 1. The van der Waals surface area contributed by atoms with Crippen LogP contribution in [0.3, 0.4) is 0 Å². The van der Waals surface area contributed by atoms with Gasteiger partial charge < -0.3 is 15.2 Å². The molecule has 1 aliphatic carbocycles. The summed E-state index contributed by atoms with van der Waals surface area (Å²) in [6.45, 7) is 3.10. The molecule has 1 amide bonds. The highest BCUT2D eigenvalue weighted by Gasteiger charge is 2.52. The molecule has 7 heteroatoms. The molecule has 0 aliphatic heterocycles. The lowest BCUT2D eigenvalue weighted by atomic mass is 10.1. The Balaban J connectivity index is 1.55. The number of benzene rings is 2. The van der Waals surface area contributed by atoms with Gasteiger partial charge in [0.1, 0.15) is 15.8 Å². The third-order valence-electron chi connectivity index (χ3n) is 4.63. The Morgan fingerprint density at radius 1 is 1.14 bits per heavy atom. The quantitative estimate of drug-likeness (QED) is 0.518.